The molecule has 3 nitrogen and oxygen atoms in total. The summed E-state index contributed by atoms with van der Waals surface area (Å²) in [5, 5.41) is 2.69. The molecule has 0 aromatic heterocycles. The van der Waals surface area contributed by atoms with E-state index in [2.05, 4.69) is 5.32 Å². The van der Waals surface area contributed by atoms with Crippen LogP contribution in [0.3, 0.4) is 0 Å². The van der Waals surface area contributed by atoms with E-state index in [1.54, 1.807) is 17.9 Å². The second kappa shape index (κ2) is 7.17. The predicted molar refractivity (Wildman–Crippen MR) is 89.8 cm³/mol. The molecule has 0 aliphatic carbocycles. The summed E-state index contributed by atoms with van der Waals surface area (Å²) in [6.07, 6.45) is 1.62. The van der Waals surface area contributed by atoms with Crippen molar-refractivity contribution in [2.45, 2.75) is 25.8 Å². The first-order chi connectivity index (χ1) is 12.0. The van der Waals surface area contributed by atoms with E-state index in [4.69, 9.17) is 0 Å². The Bertz CT molecular complexity index is 794. The molecule has 2 aromatic carbocycles. The SMILES string of the molecule is C[C@@H](NC(=O)CN1CCCc2cccc(F)c21)c1ccc(F)cc1F. The molecular formula is C19H19F3N2O. The van der Waals surface area contributed by atoms with Crippen molar-refractivity contribution in [2.75, 3.05) is 18.0 Å². The number of fused-ring (bicyclic) bond motifs is 1. The van der Waals surface area contributed by atoms with Crippen molar-refractivity contribution >= 4 is 11.6 Å². The Balaban J connectivity index is 1.70. The van der Waals surface area contributed by atoms with Crippen LogP contribution in [0.5, 0.6) is 0 Å². The summed E-state index contributed by atoms with van der Waals surface area (Å²) in [5.41, 5.74) is 1.56. The number of hydrogen-bond acceptors (Lipinski definition) is 2. The van der Waals surface area contributed by atoms with Gasteiger partial charge in [-0.25, -0.2) is 13.2 Å². The fourth-order valence-corrected chi connectivity index (χ4v) is 3.24. The normalized spacial score (nSPS) is 14.8. The molecule has 0 saturated carbocycles. The van der Waals surface area contributed by atoms with E-state index in [-0.39, 0.29) is 23.8 Å². The van der Waals surface area contributed by atoms with Gasteiger partial charge in [0, 0.05) is 18.2 Å². The van der Waals surface area contributed by atoms with Crippen molar-refractivity contribution in [3.63, 3.8) is 0 Å². The van der Waals surface area contributed by atoms with Crippen LogP contribution in [0.4, 0.5) is 18.9 Å². The Labute approximate surface area is 144 Å². The lowest BCUT2D eigenvalue weighted by atomic mass is 10.0. The summed E-state index contributed by atoms with van der Waals surface area (Å²) >= 11 is 0. The van der Waals surface area contributed by atoms with Crippen LogP contribution in [-0.4, -0.2) is 19.0 Å². The van der Waals surface area contributed by atoms with Gasteiger partial charge in [-0.2, -0.15) is 0 Å². The lowest BCUT2D eigenvalue weighted by Gasteiger charge is -2.31. The van der Waals surface area contributed by atoms with Crippen LogP contribution in [-0.2, 0) is 11.2 Å². The molecule has 25 heavy (non-hydrogen) atoms. The number of benzene rings is 2. The summed E-state index contributed by atoms with van der Waals surface area (Å²) in [6, 6.07) is 7.54. The minimum absolute atomic E-state index is 0.0128. The first-order valence-corrected chi connectivity index (χ1v) is 8.22. The molecule has 1 atom stereocenters. The van der Waals surface area contributed by atoms with E-state index in [0.29, 0.717) is 12.2 Å². The van der Waals surface area contributed by atoms with E-state index in [0.717, 1.165) is 30.5 Å². The highest BCUT2D eigenvalue weighted by Crippen LogP contribution is 2.29. The summed E-state index contributed by atoms with van der Waals surface area (Å²) in [4.78, 5) is 14.0. The van der Waals surface area contributed by atoms with Crippen molar-refractivity contribution in [3.8, 4) is 0 Å². The van der Waals surface area contributed by atoms with E-state index in [9.17, 15) is 18.0 Å². The average Bonchev–Trinajstić information content (AvgIpc) is 2.54. The number of aryl methyl sites for hydroxylation is 1. The molecule has 6 heteroatoms. The largest absolute Gasteiger partial charge is 0.360 e. The zero-order valence-electron chi connectivity index (χ0n) is 13.9. The van der Waals surface area contributed by atoms with Crippen molar-refractivity contribution in [1.29, 1.82) is 0 Å². The van der Waals surface area contributed by atoms with Crippen molar-refractivity contribution in [2.24, 2.45) is 0 Å². The highest BCUT2D eigenvalue weighted by atomic mass is 19.1. The molecule has 0 radical (unpaired) electrons. The number of anilines is 1. The van der Waals surface area contributed by atoms with Crippen LogP contribution in [0, 0.1) is 17.5 Å². The standard InChI is InChI=1S/C19H19F3N2O/c1-12(15-8-7-14(20)10-17(15)22)23-18(25)11-24-9-3-5-13-4-2-6-16(21)19(13)24/h2,4,6-8,10,12H,3,5,9,11H2,1H3,(H,23,25)/t12-/m1/s1. The van der Waals surface area contributed by atoms with E-state index in [1.165, 1.54) is 12.1 Å². The van der Waals surface area contributed by atoms with Crippen LogP contribution in [0.2, 0.25) is 0 Å². The molecule has 132 valence electrons. The van der Waals surface area contributed by atoms with Crippen molar-refractivity contribution in [1.82, 2.24) is 5.32 Å². The number of amides is 1. The first-order valence-electron chi connectivity index (χ1n) is 8.22. The van der Waals surface area contributed by atoms with Crippen LogP contribution in [0.15, 0.2) is 36.4 Å². The quantitative estimate of drug-likeness (QED) is 0.913. The number of para-hydroxylation sites is 1. The highest BCUT2D eigenvalue weighted by molar-refractivity contribution is 5.82. The summed E-state index contributed by atoms with van der Waals surface area (Å²) in [5.74, 6) is -2.06. The average molecular weight is 348 g/mol. The fraction of sp³-hybridized carbons (Fsp3) is 0.316. The van der Waals surface area contributed by atoms with Gasteiger partial charge in [0.1, 0.15) is 17.5 Å². The zero-order valence-corrected chi connectivity index (χ0v) is 13.9. The van der Waals surface area contributed by atoms with Gasteiger partial charge in [-0.15, -0.1) is 0 Å². The maximum atomic E-state index is 14.1. The van der Waals surface area contributed by atoms with E-state index >= 15 is 0 Å². The maximum absolute atomic E-state index is 14.1. The van der Waals surface area contributed by atoms with Crippen LogP contribution < -0.4 is 10.2 Å². The third-order valence-electron chi connectivity index (χ3n) is 4.40. The monoisotopic (exact) mass is 348 g/mol. The molecule has 0 fully saturated rings. The predicted octanol–water partition coefficient (Wildman–Crippen LogP) is 3.73. The van der Waals surface area contributed by atoms with Gasteiger partial charge in [0.15, 0.2) is 0 Å². The van der Waals surface area contributed by atoms with Gasteiger partial charge in [0.05, 0.1) is 18.3 Å². The van der Waals surface area contributed by atoms with Gasteiger partial charge in [-0.05, 0) is 37.5 Å². The lowest BCUT2D eigenvalue weighted by molar-refractivity contribution is -0.120. The number of hydrogen-bond donors (Lipinski definition) is 1. The minimum atomic E-state index is -0.706. The molecular weight excluding hydrogens is 329 g/mol. The highest BCUT2D eigenvalue weighted by Gasteiger charge is 2.23. The molecule has 0 saturated heterocycles. The van der Waals surface area contributed by atoms with E-state index in [1.807, 2.05) is 6.07 Å². The Kier molecular flexibility index (Phi) is 4.97. The number of nitrogens with one attached hydrogen (secondary N) is 1. The fourth-order valence-electron chi connectivity index (χ4n) is 3.24. The molecule has 1 heterocycles. The van der Waals surface area contributed by atoms with Crippen LogP contribution >= 0.6 is 0 Å². The first kappa shape index (κ1) is 17.3. The molecule has 0 spiro atoms. The Morgan fingerprint density at radius 2 is 2.00 bits per heavy atom. The second-order valence-corrected chi connectivity index (χ2v) is 6.23. The molecule has 0 bridgehead atoms. The van der Waals surface area contributed by atoms with Crippen molar-refractivity contribution in [3.05, 3.63) is 65.0 Å². The van der Waals surface area contributed by atoms with Gasteiger partial charge in [0.2, 0.25) is 5.91 Å². The number of nitrogens with zero attached hydrogens (tertiary/aromatic N) is 1. The van der Waals surface area contributed by atoms with Gasteiger partial charge in [-0.1, -0.05) is 18.2 Å². The number of carbonyl (C=O) groups is 1. The molecule has 1 aliphatic heterocycles. The van der Waals surface area contributed by atoms with Crippen LogP contribution in [0.1, 0.15) is 30.5 Å². The van der Waals surface area contributed by atoms with Crippen molar-refractivity contribution < 1.29 is 18.0 Å². The number of halogens is 3. The molecule has 1 N–H and O–H groups in total. The third kappa shape index (κ3) is 3.78. The van der Waals surface area contributed by atoms with Gasteiger partial charge in [0.25, 0.3) is 0 Å². The molecule has 3 rings (SSSR count). The number of carbonyl (C=O) groups excluding carboxylic acids is 1. The Morgan fingerprint density at radius 1 is 1.20 bits per heavy atom. The second-order valence-electron chi connectivity index (χ2n) is 6.23. The topological polar surface area (TPSA) is 32.3 Å². The summed E-state index contributed by atoms with van der Waals surface area (Å²) < 4.78 is 40.9. The third-order valence-corrected chi connectivity index (χ3v) is 4.40. The molecule has 2 aromatic rings. The minimum Gasteiger partial charge on any atom is -0.360 e. The lowest BCUT2D eigenvalue weighted by Crippen LogP contribution is -2.41. The molecule has 1 amide bonds. The van der Waals surface area contributed by atoms with Gasteiger partial charge in [-0.3, -0.25) is 4.79 Å². The summed E-state index contributed by atoms with van der Waals surface area (Å²) in [7, 11) is 0. The Morgan fingerprint density at radius 3 is 2.76 bits per heavy atom. The number of rotatable bonds is 4. The molecule has 1 aliphatic rings. The smallest absolute Gasteiger partial charge is 0.239 e. The Hall–Kier alpha value is -2.50. The van der Waals surface area contributed by atoms with Gasteiger partial charge >= 0.3 is 0 Å². The zero-order chi connectivity index (χ0) is 18.0. The summed E-state index contributed by atoms with van der Waals surface area (Å²) in [6.45, 7) is 2.20. The maximum Gasteiger partial charge on any atom is 0.239 e. The molecule has 0 unspecified atom stereocenters. The van der Waals surface area contributed by atoms with Gasteiger partial charge < -0.3 is 10.2 Å². The van der Waals surface area contributed by atoms with Crippen LogP contribution in [0.25, 0.3) is 0 Å². The van der Waals surface area contributed by atoms with E-state index < -0.39 is 17.7 Å².